The van der Waals surface area contributed by atoms with E-state index in [-0.39, 0.29) is 11.9 Å². The minimum Gasteiger partial charge on any atom is -0.310 e. The Morgan fingerprint density at radius 2 is 2.05 bits per heavy atom. The van der Waals surface area contributed by atoms with E-state index in [0.717, 1.165) is 30.9 Å². The highest BCUT2D eigenvalue weighted by Gasteiger charge is 2.32. The summed E-state index contributed by atoms with van der Waals surface area (Å²) in [6, 6.07) is 5.00. The van der Waals surface area contributed by atoms with Gasteiger partial charge in [-0.3, -0.25) is 0 Å². The molecule has 1 fully saturated rings. The molecular weight excluding hydrogens is 285 g/mol. The predicted octanol–water partition coefficient (Wildman–Crippen LogP) is 5.59. The van der Waals surface area contributed by atoms with Crippen molar-refractivity contribution in [2.45, 2.75) is 52.5 Å². The van der Waals surface area contributed by atoms with E-state index in [1.165, 1.54) is 18.9 Å². The molecule has 2 rings (SSSR count). The number of hydrogen-bond donors (Lipinski definition) is 1. The smallest absolute Gasteiger partial charge is 0.128 e. The monoisotopic (exact) mass is 311 g/mol. The Hall–Kier alpha value is -0.600. The van der Waals surface area contributed by atoms with Gasteiger partial charge in [-0.25, -0.2) is 4.39 Å². The minimum atomic E-state index is -0.140. The average Bonchev–Trinajstić information content (AvgIpc) is 2.46. The molecule has 21 heavy (non-hydrogen) atoms. The molecule has 1 saturated carbocycles. The van der Waals surface area contributed by atoms with Crippen LogP contribution >= 0.6 is 11.6 Å². The Morgan fingerprint density at radius 3 is 2.71 bits per heavy atom. The predicted molar refractivity (Wildman–Crippen MR) is 88.1 cm³/mol. The molecular formula is C18H27ClFN. The van der Waals surface area contributed by atoms with Crippen LogP contribution < -0.4 is 5.32 Å². The van der Waals surface area contributed by atoms with E-state index in [0.29, 0.717) is 16.9 Å². The third-order valence-electron chi connectivity index (χ3n) is 5.02. The Labute approximate surface area is 133 Å². The fourth-order valence-corrected chi connectivity index (χ4v) is 3.66. The highest BCUT2D eigenvalue weighted by molar-refractivity contribution is 6.30. The van der Waals surface area contributed by atoms with Crippen molar-refractivity contribution >= 4 is 11.6 Å². The number of rotatable bonds is 5. The summed E-state index contributed by atoms with van der Waals surface area (Å²) in [5, 5.41) is 4.18. The average molecular weight is 312 g/mol. The van der Waals surface area contributed by atoms with Gasteiger partial charge in [0, 0.05) is 16.6 Å². The number of halogens is 2. The highest BCUT2D eigenvalue weighted by Crippen LogP contribution is 2.40. The first-order valence-corrected chi connectivity index (χ1v) is 8.59. The van der Waals surface area contributed by atoms with Crippen LogP contribution in [0.4, 0.5) is 4.39 Å². The van der Waals surface area contributed by atoms with E-state index in [1.807, 2.05) is 0 Å². The zero-order valence-corrected chi connectivity index (χ0v) is 14.1. The number of hydrogen-bond acceptors (Lipinski definition) is 1. The highest BCUT2D eigenvalue weighted by atomic mass is 35.5. The van der Waals surface area contributed by atoms with Gasteiger partial charge in [0.25, 0.3) is 0 Å². The van der Waals surface area contributed by atoms with Crippen LogP contribution in [0.15, 0.2) is 18.2 Å². The second-order valence-corrected chi connectivity index (χ2v) is 7.06. The van der Waals surface area contributed by atoms with Gasteiger partial charge in [-0.05, 0) is 61.8 Å². The lowest BCUT2D eigenvalue weighted by molar-refractivity contribution is 0.169. The Bertz CT molecular complexity index is 463. The molecule has 0 spiro atoms. The Kier molecular flexibility index (Phi) is 6.07. The Morgan fingerprint density at radius 1 is 1.29 bits per heavy atom. The maximum absolute atomic E-state index is 14.3. The molecule has 0 aromatic heterocycles. The fraction of sp³-hybridized carbons (Fsp3) is 0.667. The van der Waals surface area contributed by atoms with Crippen molar-refractivity contribution in [1.82, 2.24) is 5.32 Å². The molecule has 0 heterocycles. The molecule has 4 unspecified atom stereocenters. The summed E-state index contributed by atoms with van der Waals surface area (Å²) in [4.78, 5) is 0. The van der Waals surface area contributed by atoms with Crippen molar-refractivity contribution < 1.29 is 4.39 Å². The molecule has 118 valence electrons. The van der Waals surface area contributed by atoms with Gasteiger partial charge in [0.05, 0.1) is 0 Å². The quantitative estimate of drug-likeness (QED) is 0.747. The van der Waals surface area contributed by atoms with Gasteiger partial charge < -0.3 is 5.32 Å². The van der Waals surface area contributed by atoms with Gasteiger partial charge in [-0.15, -0.1) is 0 Å². The van der Waals surface area contributed by atoms with Crippen molar-refractivity contribution in [3.8, 4) is 0 Å². The molecule has 0 bridgehead atoms. The van der Waals surface area contributed by atoms with Crippen LogP contribution in [0, 0.1) is 23.6 Å². The van der Waals surface area contributed by atoms with E-state index in [9.17, 15) is 4.39 Å². The van der Waals surface area contributed by atoms with Gasteiger partial charge >= 0.3 is 0 Å². The second kappa shape index (κ2) is 7.60. The van der Waals surface area contributed by atoms with Crippen molar-refractivity contribution in [2.75, 3.05) is 6.54 Å². The van der Waals surface area contributed by atoms with E-state index in [4.69, 9.17) is 11.6 Å². The summed E-state index contributed by atoms with van der Waals surface area (Å²) in [5.41, 5.74) is 0.739. The molecule has 1 aliphatic carbocycles. The van der Waals surface area contributed by atoms with E-state index in [2.05, 4.69) is 26.1 Å². The van der Waals surface area contributed by atoms with Crippen LogP contribution in [0.5, 0.6) is 0 Å². The van der Waals surface area contributed by atoms with Crippen LogP contribution in [0.25, 0.3) is 0 Å². The molecule has 4 atom stereocenters. The van der Waals surface area contributed by atoms with Gasteiger partial charge in [-0.1, -0.05) is 38.8 Å². The van der Waals surface area contributed by atoms with E-state index < -0.39 is 0 Å². The molecule has 0 amide bonds. The molecule has 1 aliphatic rings. The third-order valence-corrected chi connectivity index (χ3v) is 5.25. The summed E-state index contributed by atoms with van der Waals surface area (Å²) in [6.07, 6.45) is 4.61. The molecule has 1 nitrogen and oxygen atoms in total. The first-order valence-electron chi connectivity index (χ1n) is 8.21. The minimum absolute atomic E-state index is 0.0820. The topological polar surface area (TPSA) is 12.0 Å². The first kappa shape index (κ1) is 16.8. The Balaban J connectivity index is 2.23. The van der Waals surface area contributed by atoms with E-state index in [1.54, 1.807) is 12.1 Å². The van der Waals surface area contributed by atoms with Crippen molar-refractivity contribution in [3.63, 3.8) is 0 Å². The van der Waals surface area contributed by atoms with Crippen LogP contribution in [0.1, 0.15) is 58.1 Å². The lowest BCUT2D eigenvalue weighted by Gasteiger charge is -2.37. The van der Waals surface area contributed by atoms with Gasteiger partial charge in [-0.2, -0.15) is 0 Å². The first-order chi connectivity index (χ1) is 10.0. The summed E-state index contributed by atoms with van der Waals surface area (Å²) in [5.74, 6) is 1.84. The van der Waals surface area contributed by atoms with Gasteiger partial charge in [0.2, 0.25) is 0 Å². The lowest BCUT2D eigenvalue weighted by Crippen LogP contribution is -2.34. The molecule has 0 aliphatic heterocycles. The summed E-state index contributed by atoms with van der Waals surface area (Å²) in [6.45, 7) is 7.71. The molecule has 3 heteroatoms. The summed E-state index contributed by atoms with van der Waals surface area (Å²) >= 11 is 6.09. The third kappa shape index (κ3) is 4.20. The normalized spacial score (nSPS) is 27.6. The summed E-state index contributed by atoms with van der Waals surface area (Å²) < 4.78 is 14.3. The standard InChI is InChI=1S/C18H27ClFN/c1-4-9-21-18(14-6-5-12(2)13(3)10-14)16-11-15(19)7-8-17(16)20/h7-8,11-14,18,21H,4-6,9-10H2,1-3H3. The van der Waals surface area contributed by atoms with Crippen molar-refractivity contribution in [1.29, 1.82) is 0 Å². The molecule has 0 radical (unpaired) electrons. The maximum atomic E-state index is 14.3. The van der Waals surface area contributed by atoms with Crippen molar-refractivity contribution in [3.05, 3.63) is 34.6 Å². The SMILES string of the molecule is CCCNC(c1cc(Cl)ccc1F)C1CCC(C)C(C)C1. The molecule has 1 aromatic carbocycles. The van der Waals surface area contributed by atoms with Crippen LogP contribution in [-0.2, 0) is 0 Å². The zero-order valence-electron chi connectivity index (χ0n) is 13.3. The lowest BCUT2D eigenvalue weighted by atomic mass is 9.72. The molecule has 0 saturated heterocycles. The maximum Gasteiger partial charge on any atom is 0.128 e. The van der Waals surface area contributed by atoms with Crippen LogP contribution in [0.3, 0.4) is 0 Å². The molecule has 1 aromatic rings. The van der Waals surface area contributed by atoms with Crippen LogP contribution in [-0.4, -0.2) is 6.54 Å². The van der Waals surface area contributed by atoms with Crippen molar-refractivity contribution in [2.24, 2.45) is 17.8 Å². The van der Waals surface area contributed by atoms with Gasteiger partial charge in [0.1, 0.15) is 5.82 Å². The largest absolute Gasteiger partial charge is 0.310 e. The second-order valence-electron chi connectivity index (χ2n) is 6.63. The van der Waals surface area contributed by atoms with Crippen LogP contribution in [0.2, 0.25) is 5.02 Å². The zero-order chi connectivity index (χ0) is 15.4. The number of benzene rings is 1. The van der Waals surface area contributed by atoms with Gasteiger partial charge in [0.15, 0.2) is 0 Å². The fourth-order valence-electron chi connectivity index (χ4n) is 3.48. The molecule has 1 N–H and O–H groups in total. The number of nitrogens with one attached hydrogen (secondary N) is 1. The van der Waals surface area contributed by atoms with E-state index >= 15 is 0 Å². The summed E-state index contributed by atoms with van der Waals surface area (Å²) in [7, 11) is 0.